The smallest absolute Gasteiger partial charge is 0.122 e. The average molecular weight is 236 g/mol. The monoisotopic (exact) mass is 236 g/mol. The van der Waals surface area contributed by atoms with E-state index in [1.807, 2.05) is 6.92 Å². The van der Waals surface area contributed by atoms with Crippen LogP contribution in [0.5, 0.6) is 11.5 Å². The molecule has 17 heavy (non-hydrogen) atoms. The molecule has 1 aliphatic carbocycles. The largest absolute Gasteiger partial charge is 0.508 e. The van der Waals surface area contributed by atoms with E-state index in [4.69, 9.17) is 0 Å². The first kappa shape index (κ1) is 12.2. The van der Waals surface area contributed by atoms with Gasteiger partial charge in [0.15, 0.2) is 0 Å². The summed E-state index contributed by atoms with van der Waals surface area (Å²) in [5.74, 6) is 0.548. The summed E-state index contributed by atoms with van der Waals surface area (Å²) in [6.07, 6.45) is 4.15. The van der Waals surface area contributed by atoms with Crippen molar-refractivity contribution in [3.05, 3.63) is 23.8 Å². The lowest BCUT2D eigenvalue weighted by Gasteiger charge is -2.35. The zero-order valence-corrected chi connectivity index (χ0v) is 10.2. The van der Waals surface area contributed by atoms with Gasteiger partial charge in [0.1, 0.15) is 11.5 Å². The van der Waals surface area contributed by atoms with Crippen LogP contribution in [0.4, 0.5) is 0 Å². The fraction of sp³-hybridized carbons (Fsp3) is 0.571. The van der Waals surface area contributed by atoms with E-state index in [-0.39, 0.29) is 11.5 Å². The lowest BCUT2D eigenvalue weighted by Crippen LogP contribution is -2.32. The molecule has 0 saturated heterocycles. The summed E-state index contributed by atoms with van der Waals surface area (Å²) in [6, 6.07) is 4.78. The first-order valence-corrected chi connectivity index (χ1v) is 6.28. The van der Waals surface area contributed by atoms with Gasteiger partial charge >= 0.3 is 0 Å². The molecule has 0 amide bonds. The van der Waals surface area contributed by atoms with Crippen molar-refractivity contribution in [3.63, 3.8) is 0 Å². The van der Waals surface area contributed by atoms with E-state index in [1.165, 1.54) is 6.07 Å². The molecule has 0 aromatic heterocycles. The number of benzene rings is 1. The Kier molecular flexibility index (Phi) is 3.29. The fourth-order valence-electron chi connectivity index (χ4n) is 2.70. The lowest BCUT2D eigenvalue weighted by atomic mass is 9.75. The Labute approximate surface area is 102 Å². The number of aliphatic hydroxyl groups is 1. The zero-order valence-electron chi connectivity index (χ0n) is 10.2. The van der Waals surface area contributed by atoms with Crippen LogP contribution in [0, 0.1) is 0 Å². The van der Waals surface area contributed by atoms with Crippen molar-refractivity contribution < 1.29 is 15.3 Å². The zero-order chi connectivity index (χ0) is 12.5. The summed E-state index contributed by atoms with van der Waals surface area (Å²) >= 11 is 0. The molecule has 1 aromatic rings. The van der Waals surface area contributed by atoms with Crippen molar-refractivity contribution in [2.75, 3.05) is 0 Å². The molecular weight excluding hydrogens is 216 g/mol. The number of rotatable bonds is 2. The number of phenolic OH excluding ortho intramolecular Hbond substituents is 2. The third kappa shape index (κ3) is 2.55. The van der Waals surface area contributed by atoms with Crippen molar-refractivity contribution in [1.29, 1.82) is 0 Å². The Morgan fingerprint density at radius 2 is 1.88 bits per heavy atom. The third-order valence-electron chi connectivity index (χ3n) is 4.03. The van der Waals surface area contributed by atoms with Crippen molar-refractivity contribution in [2.24, 2.45) is 0 Å². The highest BCUT2D eigenvalue weighted by Gasteiger charge is 2.32. The Hall–Kier alpha value is -1.22. The summed E-state index contributed by atoms with van der Waals surface area (Å²) in [6.45, 7) is 2.01. The molecule has 1 aliphatic rings. The molecule has 1 fully saturated rings. The average Bonchev–Trinajstić information content (AvgIpc) is 2.31. The minimum atomic E-state index is -0.511. The molecule has 94 valence electrons. The molecule has 1 saturated carbocycles. The molecule has 0 heterocycles. The van der Waals surface area contributed by atoms with E-state index < -0.39 is 5.60 Å². The van der Waals surface area contributed by atoms with Gasteiger partial charge in [0, 0.05) is 6.07 Å². The van der Waals surface area contributed by atoms with E-state index >= 15 is 0 Å². The Bertz CT molecular complexity index is 392. The van der Waals surface area contributed by atoms with Gasteiger partial charge < -0.3 is 15.3 Å². The second-order valence-corrected chi connectivity index (χ2v) is 5.10. The Morgan fingerprint density at radius 3 is 2.41 bits per heavy atom. The van der Waals surface area contributed by atoms with Crippen LogP contribution in [0.3, 0.4) is 0 Å². The van der Waals surface area contributed by atoms with Crippen LogP contribution in [-0.2, 0) is 0 Å². The van der Waals surface area contributed by atoms with Crippen LogP contribution in [0.2, 0.25) is 0 Å². The van der Waals surface area contributed by atoms with E-state index in [2.05, 4.69) is 0 Å². The van der Waals surface area contributed by atoms with E-state index in [9.17, 15) is 15.3 Å². The van der Waals surface area contributed by atoms with Crippen LogP contribution in [0.25, 0.3) is 0 Å². The SMILES string of the molecule is CCC1(O)CCC(c2ccc(O)cc2O)CC1. The van der Waals surface area contributed by atoms with Gasteiger partial charge in [-0.1, -0.05) is 13.0 Å². The number of hydrogen-bond donors (Lipinski definition) is 3. The quantitative estimate of drug-likeness (QED) is 0.740. The number of aromatic hydroxyl groups is 2. The summed E-state index contributed by atoms with van der Waals surface area (Å²) in [7, 11) is 0. The lowest BCUT2D eigenvalue weighted by molar-refractivity contribution is -0.00436. The molecule has 3 nitrogen and oxygen atoms in total. The summed E-state index contributed by atoms with van der Waals surface area (Å²) < 4.78 is 0. The summed E-state index contributed by atoms with van der Waals surface area (Å²) in [5, 5.41) is 29.2. The molecule has 3 N–H and O–H groups in total. The highest BCUT2D eigenvalue weighted by atomic mass is 16.3. The molecule has 0 atom stereocenters. The minimum Gasteiger partial charge on any atom is -0.508 e. The van der Waals surface area contributed by atoms with E-state index in [1.54, 1.807) is 12.1 Å². The minimum absolute atomic E-state index is 0.0899. The molecule has 0 bridgehead atoms. The van der Waals surface area contributed by atoms with E-state index in [0.717, 1.165) is 37.7 Å². The van der Waals surface area contributed by atoms with Crippen LogP contribution in [-0.4, -0.2) is 20.9 Å². The second kappa shape index (κ2) is 4.57. The predicted molar refractivity (Wildman–Crippen MR) is 66.2 cm³/mol. The predicted octanol–water partition coefficient (Wildman–Crippen LogP) is 2.90. The van der Waals surface area contributed by atoms with Gasteiger partial charge in [-0.15, -0.1) is 0 Å². The van der Waals surface area contributed by atoms with E-state index in [0.29, 0.717) is 5.92 Å². The maximum Gasteiger partial charge on any atom is 0.122 e. The van der Waals surface area contributed by atoms with Crippen molar-refractivity contribution >= 4 is 0 Å². The van der Waals surface area contributed by atoms with Crippen molar-refractivity contribution in [1.82, 2.24) is 0 Å². The van der Waals surface area contributed by atoms with Crippen molar-refractivity contribution in [2.45, 2.75) is 50.5 Å². The topological polar surface area (TPSA) is 60.7 Å². The molecule has 3 heteroatoms. The maximum atomic E-state index is 10.2. The van der Waals surface area contributed by atoms with Crippen LogP contribution < -0.4 is 0 Å². The van der Waals surface area contributed by atoms with Crippen LogP contribution in [0.15, 0.2) is 18.2 Å². The number of hydrogen-bond acceptors (Lipinski definition) is 3. The molecule has 2 rings (SSSR count). The van der Waals surface area contributed by atoms with Gasteiger partial charge in [-0.2, -0.15) is 0 Å². The van der Waals surface area contributed by atoms with Gasteiger partial charge in [-0.25, -0.2) is 0 Å². The normalized spacial score (nSPS) is 29.2. The number of phenols is 2. The summed E-state index contributed by atoms with van der Waals surface area (Å²) in [4.78, 5) is 0. The first-order valence-electron chi connectivity index (χ1n) is 6.28. The van der Waals surface area contributed by atoms with Crippen LogP contribution in [0.1, 0.15) is 50.5 Å². The fourth-order valence-corrected chi connectivity index (χ4v) is 2.70. The van der Waals surface area contributed by atoms with Gasteiger partial charge in [0.2, 0.25) is 0 Å². The second-order valence-electron chi connectivity index (χ2n) is 5.10. The highest BCUT2D eigenvalue weighted by molar-refractivity contribution is 5.41. The molecule has 0 aliphatic heterocycles. The van der Waals surface area contributed by atoms with Gasteiger partial charge in [-0.3, -0.25) is 0 Å². The Morgan fingerprint density at radius 1 is 1.24 bits per heavy atom. The van der Waals surface area contributed by atoms with Gasteiger partial charge in [0.05, 0.1) is 5.60 Å². The van der Waals surface area contributed by atoms with Crippen molar-refractivity contribution in [3.8, 4) is 11.5 Å². The van der Waals surface area contributed by atoms with Gasteiger partial charge in [-0.05, 0) is 49.7 Å². The maximum absolute atomic E-state index is 10.2. The first-order chi connectivity index (χ1) is 8.04. The highest BCUT2D eigenvalue weighted by Crippen LogP contribution is 2.42. The molecule has 0 radical (unpaired) electrons. The Balaban J connectivity index is 2.10. The molecule has 1 aromatic carbocycles. The standard InChI is InChI=1S/C14H20O3/c1-2-14(17)7-5-10(6-8-14)12-4-3-11(15)9-13(12)16/h3-4,9-10,15-17H,2,5-8H2,1H3. The molecular formula is C14H20O3. The summed E-state index contributed by atoms with van der Waals surface area (Å²) in [5.41, 5.74) is 0.379. The molecule has 0 unspecified atom stereocenters. The van der Waals surface area contributed by atoms with Crippen LogP contribution >= 0.6 is 0 Å². The molecule has 0 spiro atoms. The third-order valence-corrected chi connectivity index (χ3v) is 4.03. The van der Waals surface area contributed by atoms with Gasteiger partial charge in [0.25, 0.3) is 0 Å².